The summed E-state index contributed by atoms with van der Waals surface area (Å²) in [6, 6.07) is 15.5. The highest BCUT2D eigenvalue weighted by Crippen LogP contribution is 2.40. The minimum Gasteiger partial charge on any atom is -0.341 e. The number of benzene rings is 2. The zero-order valence-electron chi connectivity index (χ0n) is 17.4. The SMILES string of the molecule is O=C(NC(CSCNC1CC1c1ccc(F)cc1)C(=O)N1CCCC1)c1ccccc1. The minimum absolute atomic E-state index is 0.00453. The van der Waals surface area contributed by atoms with Crippen LogP contribution in [0.1, 0.15) is 41.1 Å². The molecule has 2 aromatic rings. The van der Waals surface area contributed by atoms with Crippen LogP contribution in [0.15, 0.2) is 54.6 Å². The Morgan fingerprint density at radius 3 is 2.48 bits per heavy atom. The number of hydrogen-bond acceptors (Lipinski definition) is 4. The van der Waals surface area contributed by atoms with Crippen LogP contribution in [-0.4, -0.2) is 53.5 Å². The third-order valence-electron chi connectivity index (χ3n) is 5.88. The monoisotopic (exact) mass is 441 g/mol. The van der Waals surface area contributed by atoms with Gasteiger partial charge in [-0.05, 0) is 49.1 Å². The molecule has 0 aromatic heterocycles. The first-order chi connectivity index (χ1) is 15.1. The van der Waals surface area contributed by atoms with Gasteiger partial charge in [-0.2, -0.15) is 0 Å². The van der Waals surface area contributed by atoms with E-state index >= 15 is 0 Å². The maximum atomic E-state index is 13.1. The number of nitrogens with zero attached hydrogens (tertiary/aromatic N) is 1. The van der Waals surface area contributed by atoms with Crippen LogP contribution < -0.4 is 10.6 Å². The summed E-state index contributed by atoms with van der Waals surface area (Å²) in [6.45, 7) is 1.53. The van der Waals surface area contributed by atoms with Crippen molar-refractivity contribution in [1.82, 2.24) is 15.5 Å². The van der Waals surface area contributed by atoms with Crippen LogP contribution in [0.3, 0.4) is 0 Å². The van der Waals surface area contributed by atoms with Crippen LogP contribution in [0.4, 0.5) is 4.39 Å². The summed E-state index contributed by atoms with van der Waals surface area (Å²) in [6.07, 6.45) is 3.07. The first-order valence-corrected chi connectivity index (χ1v) is 12.0. The van der Waals surface area contributed by atoms with E-state index in [1.165, 1.54) is 12.1 Å². The van der Waals surface area contributed by atoms with Gasteiger partial charge in [0.05, 0.1) is 0 Å². The predicted molar refractivity (Wildman–Crippen MR) is 122 cm³/mol. The van der Waals surface area contributed by atoms with E-state index in [-0.39, 0.29) is 17.6 Å². The number of carbonyl (C=O) groups is 2. The fourth-order valence-corrected chi connectivity index (χ4v) is 4.92. The second kappa shape index (κ2) is 10.3. The molecule has 7 heteroatoms. The molecule has 2 aromatic carbocycles. The topological polar surface area (TPSA) is 61.4 Å². The minimum atomic E-state index is -0.537. The second-order valence-electron chi connectivity index (χ2n) is 8.14. The molecule has 2 amide bonds. The maximum absolute atomic E-state index is 13.1. The number of carbonyl (C=O) groups excluding carboxylic acids is 2. The van der Waals surface area contributed by atoms with Crippen molar-refractivity contribution in [3.05, 3.63) is 71.5 Å². The number of thioether (sulfide) groups is 1. The Hall–Kier alpha value is -2.38. The molecule has 1 heterocycles. The van der Waals surface area contributed by atoms with E-state index in [0.717, 1.165) is 37.9 Å². The maximum Gasteiger partial charge on any atom is 0.251 e. The van der Waals surface area contributed by atoms with Crippen molar-refractivity contribution in [3.8, 4) is 0 Å². The van der Waals surface area contributed by atoms with Gasteiger partial charge < -0.3 is 15.5 Å². The highest BCUT2D eigenvalue weighted by molar-refractivity contribution is 7.99. The van der Waals surface area contributed by atoms with Gasteiger partial charge in [-0.15, -0.1) is 11.8 Å². The van der Waals surface area contributed by atoms with Crippen LogP contribution in [0.25, 0.3) is 0 Å². The lowest BCUT2D eigenvalue weighted by atomic mass is 10.1. The average molecular weight is 442 g/mol. The first-order valence-electron chi connectivity index (χ1n) is 10.8. The number of nitrogens with one attached hydrogen (secondary N) is 2. The van der Waals surface area contributed by atoms with Gasteiger partial charge in [-0.3, -0.25) is 9.59 Å². The summed E-state index contributed by atoms with van der Waals surface area (Å²) >= 11 is 1.62. The van der Waals surface area contributed by atoms with Crippen molar-refractivity contribution in [2.24, 2.45) is 0 Å². The van der Waals surface area contributed by atoms with Gasteiger partial charge in [0.1, 0.15) is 11.9 Å². The summed E-state index contributed by atoms with van der Waals surface area (Å²) in [5.41, 5.74) is 1.71. The summed E-state index contributed by atoms with van der Waals surface area (Å²) in [5.74, 6) is 1.22. The average Bonchev–Trinajstić information content (AvgIpc) is 3.35. The summed E-state index contributed by atoms with van der Waals surface area (Å²) in [7, 11) is 0. The van der Waals surface area contributed by atoms with Gasteiger partial charge in [0.25, 0.3) is 5.91 Å². The smallest absolute Gasteiger partial charge is 0.251 e. The molecule has 164 valence electrons. The number of likely N-dealkylation sites (tertiary alicyclic amines) is 1. The standard InChI is InChI=1S/C24H28FN3O2S/c25-19-10-8-17(9-11-19)20-14-21(20)26-16-31-15-22(24(30)28-12-4-5-13-28)27-23(29)18-6-2-1-3-7-18/h1-3,6-11,20-22,26H,4-5,12-16H2,(H,27,29). The molecule has 1 saturated carbocycles. The van der Waals surface area contributed by atoms with E-state index in [9.17, 15) is 14.0 Å². The lowest BCUT2D eigenvalue weighted by Crippen LogP contribution is -2.49. The highest BCUT2D eigenvalue weighted by Gasteiger charge is 2.37. The number of halogens is 1. The molecule has 0 radical (unpaired) electrons. The van der Waals surface area contributed by atoms with Gasteiger partial charge in [0.15, 0.2) is 0 Å². The predicted octanol–water partition coefficient (Wildman–Crippen LogP) is 3.38. The van der Waals surface area contributed by atoms with Gasteiger partial charge in [0, 0.05) is 42.2 Å². The van der Waals surface area contributed by atoms with Crippen molar-refractivity contribution in [3.63, 3.8) is 0 Å². The van der Waals surface area contributed by atoms with Crippen LogP contribution in [0.2, 0.25) is 0 Å². The molecule has 1 aliphatic heterocycles. The summed E-state index contributed by atoms with van der Waals surface area (Å²) in [5, 5.41) is 6.44. The number of hydrogen-bond donors (Lipinski definition) is 2. The normalized spacial score (nSPS) is 21.0. The quantitative estimate of drug-likeness (QED) is 0.463. The van der Waals surface area contributed by atoms with Crippen molar-refractivity contribution in [1.29, 1.82) is 0 Å². The van der Waals surface area contributed by atoms with Crippen molar-refractivity contribution >= 4 is 23.6 Å². The largest absolute Gasteiger partial charge is 0.341 e. The van der Waals surface area contributed by atoms with E-state index in [1.54, 1.807) is 23.9 Å². The van der Waals surface area contributed by atoms with Crippen LogP contribution in [-0.2, 0) is 4.79 Å². The molecule has 3 unspecified atom stereocenters. The molecule has 1 saturated heterocycles. The molecule has 5 nitrogen and oxygen atoms in total. The Bertz CT molecular complexity index is 887. The first kappa shape index (κ1) is 21.8. The molecule has 2 N–H and O–H groups in total. The van der Waals surface area contributed by atoms with E-state index in [4.69, 9.17) is 0 Å². The number of amides is 2. The van der Waals surface area contributed by atoms with E-state index in [0.29, 0.717) is 29.2 Å². The van der Waals surface area contributed by atoms with Gasteiger partial charge >= 0.3 is 0 Å². The number of rotatable bonds is 9. The lowest BCUT2D eigenvalue weighted by molar-refractivity contribution is -0.131. The summed E-state index contributed by atoms with van der Waals surface area (Å²) in [4.78, 5) is 27.4. The van der Waals surface area contributed by atoms with Gasteiger partial charge in [0.2, 0.25) is 5.91 Å². The molecule has 0 spiro atoms. The Labute approximate surface area is 186 Å². The van der Waals surface area contributed by atoms with E-state index < -0.39 is 6.04 Å². The molecule has 1 aliphatic carbocycles. The van der Waals surface area contributed by atoms with Gasteiger partial charge in [-0.1, -0.05) is 30.3 Å². The van der Waals surface area contributed by atoms with E-state index in [1.807, 2.05) is 35.2 Å². The Morgan fingerprint density at radius 2 is 1.77 bits per heavy atom. The zero-order valence-corrected chi connectivity index (χ0v) is 18.2. The molecule has 0 bridgehead atoms. The van der Waals surface area contributed by atoms with Crippen molar-refractivity contribution in [2.45, 2.75) is 37.3 Å². The highest BCUT2D eigenvalue weighted by atomic mass is 32.2. The zero-order chi connectivity index (χ0) is 21.6. The fraction of sp³-hybridized carbons (Fsp3) is 0.417. The third kappa shape index (κ3) is 5.86. The van der Waals surface area contributed by atoms with E-state index in [2.05, 4.69) is 10.6 Å². The Balaban J connectivity index is 1.27. The molecular formula is C24H28FN3O2S. The van der Waals surface area contributed by atoms with Crippen molar-refractivity contribution < 1.29 is 14.0 Å². The van der Waals surface area contributed by atoms with Gasteiger partial charge in [-0.25, -0.2) is 4.39 Å². The summed E-state index contributed by atoms with van der Waals surface area (Å²) < 4.78 is 13.1. The van der Waals surface area contributed by atoms with Crippen LogP contribution in [0, 0.1) is 5.82 Å². The molecule has 31 heavy (non-hydrogen) atoms. The van der Waals surface area contributed by atoms with Crippen LogP contribution in [0.5, 0.6) is 0 Å². The van der Waals surface area contributed by atoms with Crippen molar-refractivity contribution in [2.75, 3.05) is 24.7 Å². The Morgan fingerprint density at radius 1 is 1.06 bits per heavy atom. The molecule has 4 rings (SSSR count). The molecule has 2 aliphatic rings. The molecule has 3 atom stereocenters. The molecular weight excluding hydrogens is 413 g/mol. The second-order valence-corrected chi connectivity index (χ2v) is 9.17. The Kier molecular flexibility index (Phi) is 7.25. The fourth-order valence-electron chi connectivity index (χ4n) is 4.01. The van der Waals surface area contributed by atoms with Crippen LogP contribution >= 0.6 is 11.8 Å². The third-order valence-corrected chi connectivity index (χ3v) is 6.82. The lowest BCUT2D eigenvalue weighted by Gasteiger charge is -2.24. The molecule has 2 fully saturated rings.